The molecule has 0 aromatic heterocycles. The van der Waals surface area contributed by atoms with Crippen molar-refractivity contribution in [2.75, 3.05) is 20.5 Å². The Balaban J connectivity index is 1.55. The van der Waals surface area contributed by atoms with Crippen molar-refractivity contribution in [1.82, 2.24) is 0 Å². The summed E-state index contributed by atoms with van der Waals surface area (Å²) in [5.74, 6) is 1.06. The molecule has 0 heterocycles. The van der Waals surface area contributed by atoms with Crippen molar-refractivity contribution < 1.29 is 19.3 Å². The van der Waals surface area contributed by atoms with E-state index >= 15 is 0 Å². The van der Waals surface area contributed by atoms with E-state index in [0.29, 0.717) is 25.4 Å². The highest BCUT2D eigenvalue weighted by Gasteiger charge is 2.08. The molecule has 0 fully saturated rings. The van der Waals surface area contributed by atoms with E-state index in [1.165, 1.54) is 0 Å². The van der Waals surface area contributed by atoms with Crippen LogP contribution in [-0.2, 0) is 28.9 Å². The highest BCUT2D eigenvalue weighted by Crippen LogP contribution is 2.27. The Labute approximate surface area is 166 Å². The van der Waals surface area contributed by atoms with Crippen molar-refractivity contribution in [3.8, 4) is 11.5 Å². The molecule has 3 aromatic rings. The van der Waals surface area contributed by atoms with Crippen LogP contribution in [0.15, 0.2) is 72.8 Å². The van der Waals surface area contributed by atoms with Crippen LogP contribution < -0.4 is 4.74 Å². The predicted octanol–water partition coefficient (Wildman–Crippen LogP) is 4.73. The summed E-state index contributed by atoms with van der Waals surface area (Å²) in [4.78, 5) is 0. The molecule has 146 valence electrons. The van der Waals surface area contributed by atoms with Gasteiger partial charge < -0.3 is 19.3 Å². The van der Waals surface area contributed by atoms with Crippen LogP contribution in [0.2, 0.25) is 0 Å². The third kappa shape index (κ3) is 5.84. The van der Waals surface area contributed by atoms with E-state index in [0.717, 1.165) is 34.4 Å². The van der Waals surface area contributed by atoms with Gasteiger partial charge in [0.1, 0.15) is 11.5 Å². The summed E-state index contributed by atoms with van der Waals surface area (Å²) in [5.41, 5.74) is 4.09. The van der Waals surface area contributed by atoms with Gasteiger partial charge in [-0.1, -0.05) is 60.7 Å². The van der Waals surface area contributed by atoms with Gasteiger partial charge in [-0.15, -0.1) is 0 Å². The van der Waals surface area contributed by atoms with Crippen molar-refractivity contribution in [3.63, 3.8) is 0 Å². The van der Waals surface area contributed by atoms with E-state index in [2.05, 4.69) is 12.1 Å². The number of phenols is 1. The molecule has 0 aliphatic heterocycles. The van der Waals surface area contributed by atoms with Crippen LogP contribution in [0.1, 0.15) is 22.3 Å². The van der Waals surface area contributed by atoms with Crippen molar-refractivity contribution in [2.45, 2.75) is 19.4 Å². The monoisotopic (exact) mass is 378 g/mol. The van der Waals surface area contributed by atoms with E-state index in [1.54, 1.807) is 7.11 Å². The zero-order valence-corrected chi connectivity index (χ0v) is 16.1. The Bertz CT molecular complexity index is 861. The lowest BCUT2D eigenvalue weighted by molar-refractivity contribution is 0.0505. The second-order valence-electron chi connectivity index (χ2n) is 6.59. The third-order valence-corrected chi connectivity index (χ3v) is 4.48. The molecule has 4 heteroatoms. The highest BCUT2D eigenvalue weighted by atomic mass is 16.7. The number of benzene rings is 3. The molecule has 0 aliphatic rings. The number of rotatable bonds is 10. The van der Waals surface area contributed by atoms with Gasteiger partial charge in [-0.25, -0.2) is 0 Å². The van der Waals surface area contributed by atoms with E-state index in [9.17, 15) is 5.11 Å². The first-order valence-electron chi connectivity index (χ1n) is 9.38. The minimum Gasteiger partial charge on any atom is -0.508 e. The Morgan fingerprint density at radius 3 is 2.39 bits per heavy atom. The van der Waals surface area contributed by atoms with Gasteiger partial charge in [-0.05, 0) is 40.8 Å². The van der Waals surface area contributed by atoms with Crippen LogP contribution in [-0.4, -0.2) is 25.6 Å². The van der Waals surface area contributed by atoms with Gasteiger partial charge >= 0.3 is 0 Å². The predicted molar refractivity (Wildman–Crippen MR) is 110 cm³/mol. The normalized spacial score (nSPS) is 10.8. The fourth-order valence-corrected chi connectivity index (χ4v) is 2.99. The van der Waals surface area contributed by atoms with Gasteiger partial charge in [-0.3, -0.25) is 0 Å². The van der Waals surface area contributed by atoms with Gasteiger partial charge in [0.25, 0.3) is 0 Å². The summed E-state index contributed by atoms with van der Waals surface area (Å²) >= 11 is 0. The van der Waals surface area contributed by atoms with Gasteiger partial charge in [0, 0.05) is 13.5 Å². The topological polar surface area (TPSA) is 47.9 Å². The van der Waals surface area contributed by atoms with Gasteiger partial charge in [-0.2, -0.15) is 0 Å². The minimum absolute atomic E-state index is 0.199. The Morgan fingerprint density at radius 2 is 1.61 bits per heavy atom. The lowest BCUT2D eigenvalue weighted by Gasteiger charge is -2.12. The maximum Gasteiger partial charge on any atom is 0.188 e. The number of methoxy groups -OCH3 is 1. The first-order valence-corrected chi connectivity index (χ1v) is 9.38. The smallest absolute Gasteiger partial charge is 0.188 e. The fraction of sp³-hybridized carbons (Fsp3) is 0.250. The number of hydrogen-bond donors (Lipinski definition) is 1. The lowest BCUT2D eigenvalue weighted by atomic mass is 10.0. The quantitative estimate of drug-likeness (QED) is 0.409. The van der Waals surface area contributed by atoms with E-state index in [1.807, 2.05) is 60.7 Å². The largest absolute Gasteiger partial charge is 0.508 e. The van der Waals surface area contributed by atoms with Crippen LogP contribution in [0, 0.1) is 0 Å². The third-order valence-electron chi connectivity index (χ3n) is 4.48. The second-order valence-corrected chi connectivity index (χ2v) is 6.59. The molecule has 0 unspecified atom stereocenters. The SMILES string of the molecule is COCOc1ccccc1Cc1ccc(CCOCc2ccccc2)cc1O. The molecule has 0 spiro atoms. The second kappa shape index (κ2) is 10.5. The molecular weight excluding hydrogens is 352 g/mol. The summed E-state index contributed by atoms with van der Waals surface area (Å²) in [6.45, 7) is 1.41. The summed E-state index contributed by atoms with van der Waals surface area (Å²) in [7, 11) is 1.59. The Morgan fingerprint density at radius 1 is 0.821 bits per heavy atom. The summed E-state index contributed by atoms with van der Waals surface area (Å²) in [6.07, 6.45) is 1.35. The summed E-state index contributed by atoms with van der Waals surface area (Å²) in [6, 6.07) is 23.7. The number of phenolic OH excluding ortho intramolecular Hbond substituents is 1. The maximum absolute atomic E-state index is 10.4. The Hall–Kier alpha value is -2.82. The number of ether oxygens (including phenoxy) is 3. The van der Waals surface area contributed by atoms with Crippen LogP contribution >= 0.6 is 0 Å². The first-order chi connectivity index (χ1) is 13.8. The zero-order chi connectivity index (χ0) is 19.6. The van der Waals surface area contributed by atoms with Crippen molar-refractivity contribution >= 4 is 0 Å². The molecule has 0 radical (unpaired) electrons. The molecule has 0 saturated heterocycles. The molecular formula is C24H26O4. The van der Waals surface area contributed by atoms with Crippen molar-refractivity contribution in [3.05, 3.63) is 95.1 Å². The molecule has 3 aromatic carbocycles. The minimum atomic E-state index is 0.199. The molecule has 1 N–H and O–H groups in total. The number of hydrogen-bond acceptors (Lipinski definition) is 4. The average molecular weight is 378 g/mol. The summed E-state index contributed by atoms with van der Waals surface area (Å²) in [5, 5.41) is 10.4. The van der Waals surface area contributed by atoms with Crippen molar-refractivity contribution in [2.24, 2.45) is 0 Å². The molecule has 0 saturated carbocycles. The van der Waals surface area contributed by atoms with Crippen LogP contribution in [0.25, 0.3) is 0 Å². The highest BCUT2D eigenvalue weighted by molar-refractivity contribution is 5.43. The molecule has 4 nitrogen and oxygen atoms in total. The zero-order valence-electron chi connectivity index (χ0n) is 16.1. The standard InChI is InChI=1S/C24H26O4/c1-26-18-28-24-10-6-5-9-22(24)16-21-12-11-19(15-23(21)25)13-14-27-17-20-7-3-2-4-8-20/h2-12,15,25H,13-14,16-18H2,1H3. The summed E-state index contributed by atoms with van der Waals surface area (Å²) < 4.78 is 16.3. The fourth-order valence-electron chi connectivity index (χ4n) is 2.99. The van der Waals surface area contributed by atoms with Crippen LogP contribution in [0.5, 0.6) is 11.5 Å². The maximum atomic E-state index is 10.4. The molecule has 0 amide bonds. The van der Waals surface area contributed by atoms with Crippen LogP contribution in [0.3, 0.4) is 0 Å². The first kappa shape index (κ1) is 19.9. The number of para-hydroxylation sites is 1. The van der Waals surface area contributed by atoms with E-state index in [-0.39, 0.29) is 6.79 Å². The number of aromatic hydroxyl groups is 1. The lowest BCUT2D eigenvalue weighted by Crippen LogP contribution is -2.02. The van der Waals surface area contributed by atoms with Crippen molar-refractivity contribution in [1.29, 1.82) is 0 Å². The Kier molecular flexibility index (Phi) is 7.47. The molecule has 3 rings (SSSR count). The molecule has 28 heavy (non-hydrogen) atoms. The van der Waals surface area contributed by atoms with Crippen LogP contribution in [0.4, 0.5) is 0 Å². The van der Waals surface area contributed by atoms with Gasteiger partial charge in [0.2, 0.25) is 0 Å². The molecule has 0 bridgehead atoms. The average Bonchev–Trinajstić information content (AvgIpc) is 2.73. The van der Waals surface area contributed by atoms with E-state index < -0.39 is 0 Å². The van der Waals surface area contributed by atoms with Gasteiger partial charge in [0.05, 0.1) is 13.2 Å². The molecule has 0 atom stereocenters. The molecule has 0 aliphatic carbocycles. The van der Waals surface area contributed by atoms with Gasteiger partial charge in [0.15, 0.2) is 6.79 Å². The van der Waals surface area contributed by atoms with E-state index in [4.69, 9.17) is 14.2 Å².